The van der Waals surface area contributed by atoms with E-state index in [9.17, 15) is 0 Å². The molecule has 0 amide bonds. The number of halogens is 2. The zero-order chi connectivity index (χ0) is 12.3. The molecular weight excluding hydrogens is 387 g/mol. The Morgan fingerprint density at radius 3 is 2.47 bits per heavy atom. The maximum atomic E-state index is 3.77. The van der Waals surface area contributed by atoms with Crippen molar-refractivity contribution >= 4 is 38.5 Å². The van der Waals surface area contributed by atoms with Crippen molar-refractivity contribution in [1.82, 2.24) is 0 Å². The Balaban J connectivity index is 2.11. The highest BCUT2D eigenvalue weighted by molar-refractivity contribution is 14.1. The molecule has 0 fully saturated rings. The van der Waals surface area contributed by atoms with Gasteiger partial charge in [-0.25, -0.2) is 0 Å². The minimum atomic E-state index is 0.389. The van der Waals surface area contributed by atoms with Crippen LogP contribution in [0, 0.1) is 10.5 Å². The molecule has 17 heavy (non-hydrogen) atoms. The fraction of sp³-hybridized carbons (Fsp3) is 0.200. The topological polar surface area (TPSA) is 0 Å². The monoisotopic (exact) mass is 400 g/mol. The molecule has 0 aliphatic rings. The largest absolute Gasteiger partial charge is 0.0835 e. The molecule has 0 aliphatic carbocycles. The van der Waals surface area contributed by atoms with Gasteiger partial charge in [0, 0.05) is 8.40 Å². The molecule has 0 heterocycles. The smallest absolute Gasteiger partial charge is 0.0435 e. The van der Waals surface area contributed by atoms with Gasteiger partial charge in [0.15, 0.2) is 0 Å². The van der Waals surface area contributed by atoms with Crippen LogP contribution in [0.3, 0.4) is 0 Å². The Morgan fingerprint density at radius 1 is 1.12 bits per heavy atom. The summed E-state index contributed by atoms with van der Waals surface area (Å²) in [5.41, 5.74) is 4.03. The van der Waals surface area contributed by atoms with Gasteiger partial charge in [-0.3, -0.25) is 0 Å². The highest BCUT2D eigenvalue weighted by Gasteiger charge is 2.08. The Bertz CT molecular complexity index is 491. The molecule has 0 spiro atoms. The summed E-state index contributed by atoms with van der Waals surface area (Å²) in [6, 6.07) is 17.4. The molecule has 0 saturated carbocycles. The van der Waals surface area contributed by atoms with E-state index in [1.807, 2.05) is 0 Å². The second kappa shape index (κ2) is 6.01. The van der Waals surface area contributed by atoms with E-state index in [-0.39, 0.29) is 0 Å². The molecule has 1 unspecified atom stereocenters. The first-order valence-electron chi connectivity index (χ1n) is 5.60. The summed E-state index contributed by atoms with van der Waals surface area (Å²) in [5.74, 6) is 0. The zero-order valence-corrected chi connectivity index (χ0v) is 13.4. The Kier molecular flexibility index (Phi) is 4.62. The number of alkyl halides is 1. The van der Waals surface area contributed by atoms with E-state index in [2.05, 4.69) is 94.0 Å². The summed E-state index contributed by atoms with van der Waals surface area (Å²) in [7, 11) is 0. The number of benzene rings is 2. The maximum Gasteiger partial charge on any atom is 0.0435 e. The lowest BCUT2D eigenvalue weighted by molar-refractivity contribution is 0.947. The van der Waals surface area contributed by atoms with Gasteiger partial charge in [0.1, 0.15) is 0 Å². The molecule has 88 valence electrons. The van der Waals surface area contributed by atoms with Gasteiger partial charge >= 0.3 is 0 Å². The van der Waals surface area contributed by atoms with Gasteiger partial charge in [-0.05, 0) is 59.2 Å². The Labute approximate surface area is 125 Å². The number of rotatable bonds is 3. The van der Waals surface area contributed by atoms with Crippen molar-refractivity contribution in [3.8, 4) is 0 Å². The molecule has 0 bridgehead atoms. The van der Waals surface area contributed by atoms with Crippen LogP contribution in [-0.2, 0) is 6.42 Å². The lowest BCUT2D eigenvalue weighted by atomic mass is 10.0. The first kappa shape index (κ1) is 13.1. The van der Waals surface area contributed by atoms with Crippen LogP contribution in [0.1, 0.15) is 21.5 Å². The molecule has 2 aromatic carbocycles. The van der Waals surface area contributed by atoms with Crippen LogP contribution in [0.4, 0.5) is 0 Å². The number of hydrogen-bond donors (Lipinski definition) is 0. The van der Waals surface area contributed by atoms with E-state index in [0.717, 1.165) is 6.42 Å². The third-order valence-corrected chi connectivity index (χ3v) is 4.27. The predicted octanol–water partition coefficient (Wildman–Crippen LogP) is 5.28. The molecule has 2 rings (SSSR count). The second-order valence-electron chi connectivity index (χ2n) is 4.21. The van der Waals surface area contributed by atoms with Crippen LogP contribution >= 0.6 is 38.5 Å². The predicted molar refractivity (Wildman–Crippen MR) is 85.7 cm³/mol. The van der Waals surface area contributed by atoms with Gasteiger partial charge in [0.05, 0.1) is 0 Å². The third-order valence-electron chi connectivity index (χ3n) is 2.75. The highest BCUT2D eigenvalue weighted by atomic mass is 127. The first-order valence-corrected chi connectivity index (χ1v) is 7.59. The number of aryl methyl sites for hydroxylation is 1. The van der Waals surface area contributed by atoms with Crippen molar-refractivity contribution in [1.29, 1.82) is 0 Å². The van der Waals surface area contributed by atoms with E-state index in [4.69, 9.17) is 0 Å². The molecular formula is C15H14BrI. The number of hydrogen-bond acceptors (Lipinski definition) is 0. The summed E-state index contributed by atoms with van der Waals surface area (Å²) in [4.78, 5) is 0.389. The Hall–Kier alpha value is -0.350. The van der Waals surface area contributed by atoms with E-state index in [1.54, 1.807) is 0 Å². The van der Waals surface area contributed by atoms with Gasteiger partial charge in [-0.15, -0.1) is 0 Å². The van der Waals surface area contributed by atoms with Crippen LogP contribution in [0.15, 0.2) is 48.5 Å². The quantitative estimate of drug-likeness (QED) is 0.485. The second-order valence-corrected chi connectivity index (χ2v) is 6.56. The van der Waals surface area contributed by atoms with Crippen LogP contribution in [0.2, 0.25) is 0 Å². The van der Waals surface area contributed by atoms with Crippen LogP contribution < -0.4 is 0 Å². The molecule has 0 radical (unpaired) electrons. The molecule has 0 aromatic heterocycles. The fourth-order valence-electron chi connectivity index (χ4n) is 1.75. The minimum Gasteiger partial charge on any atom is -0.0835 e. The van der Waals surface area contributed by atoms with Crippen molar-refractivity contribution in [3.63, 3.8) is 0 Å². The van der Waals surface area contributed by atoms with Crippen LogP contribution in [-0.4, -0.2) is 0 Å². The molecule has 0 N–H and O–H groups in total. The Morgan fingerprint density at radius 2 is 1.82 bits per heavy atom. The van der Waals surface area contributed by atoms with E-state index in [0.29, 0.717) is 4.83 Å². The average Bonchev–Trinajstić information content (AvgIpc) is 2.32. The molecule has 0 nitrogen and oxygen atoms in total. The minimum absolute atomic E-state index is 0.389. The van der Waals surface area contributed by atoms with Crippen molar-refractivity contribution in [2.45, 2.75) is 18.2 Å². The standard InChI is InChI=1S/C15H14BrI/c1-11-5-7-12(8-6-11)9-15(16)13-3-2-4-14(17)10-13/h2-8,10,15H,9H2,1H3. The van der Waals surface area contributed by atoms with Crippen LogP contribution in [0.25, 0.3) is 0 Å². The normalized spacial score (nSPS) is 12.4. The van der Waals surface area contributed by atoms with Crippen molar-refractivity contribution < 1.29 is 0 Å². The molecule has 2 heteroatoms. The van der Waals surface area contributed by atoms with E-state index < -0.39 is 0 Å². The molecule has 1 atom stereocenters. The molecule has 2 aromatic rings. The third kappa shape index (κ3) is 3.81. The van der Waals surface area contributed by atoms with E-state index in [1.165, 1.54) is 20.3 Å². The average molecular weight is 401 g/mol. The van der Waals surface area contributed by atoms with Gasteiger partial charge in [-0.2, -0.15) is 0 Å². The highest BCUT2D eigenvalue weighted by Crippen LogP contribution is 2.28. The lowest BCUT2D eigenvalue weighted by Gasteiger charge is -2.11. The van der Waals surface area contributed by atoms with Gasteiger partial charge in [0.2, 0.25) is 0 Å². The summed E-state index contributed by atoms with van der Waals surface area (Å²) >= 11 is 6.13. The van der Waals surface area contributed by atoms with Crippen molar-refractivity contribution in [3.05, 3.63) is 68.8 Å². The van der Waals surface area contributed by atoms with Gasteiger partial charge in [-0.1, -0.05) is 57.9 Å². The molecule has 0 aliphatic heterocycles. The summed E-state index contributed by atoms with van der Waals surface area (Å²) < 4.78 is 1.29. The van der Waals surface area contributed by atoms with Gasteiger partial charge < -0.3 is 0 Å². The zero-order valence-electron chi connectivity index (χ0n) is 9.66. The fourth-order valence-corrected chi connectivity index (χ4v) is 2.98. The maximum absolute atomic E-state index is 3.77. The SMILES string of the molecule is Cc1ccc(CC(Br)c2cccc(I)c2)cc1. The van der Waals surface area contributed by atoms with Gasteiger partial charge in [0.25, 0.3) is 0 Å². The lowest BCUT2D eigenvalue weighted by Crippen LogP contribution is -1.95. The first-order chi connectivity index (χ1) is 8.15. The summed E-state index contributed by atoms with van der Waals surface area (Å²) in [5, 5.41) is 0. The van der Waals surface area contributed by atoms with Crippen molar-refractivity contribution in [2.24, 2.45) is 0 Å². The molecule has 0 saturated heterocycles. The van der Waals surface area contributed by atoms with Crippen molar-refractivity contribution in [2.75, 3.05) is 0 Å². The van der Waals surface area contributed by atoms with Crippen LogP contribution in [0.5, 0.6) is 0 Å². The van der Waals surface area contributed by atoms with E-state index >= 15 is 0 Å². The summed E-state index contributed by atoms with van der Waals surface area (Å²) in [6.07, 6.45) is 1.03. The summed E-state index contributed by atoms with van der Waals surface area (Å²) in [6.45, 7) is 2.12.